The van der Waals surface area contributed by atoms with Crippen molar-refractivity contribution in [3.63, 3.8) is 0 Å². The molecule has 0 heterocycles. The van der Waals surface area contributed by atoms with E-state index in [4.69, 9.17) is 0 Å². The average Bonchev–Trinajstić information content (AvgIpc) is 3.23. The molecule has 0 saturated heterocycles. The molecule has 0 aliphatic rings. The van der Waals surface area contributed by atoms with Gasteiger partial charge in [0, 0.05) is 56.0 Å². The minimum Gasteiger partial charge on any atom is -0.503 e. The Morgan fingerprint density at radius 1 is 0.468 bits per heavy atom. The molecule has 6 rings (SSSR count). The standard InChI is InChI=1S/2C15H14F2N2O2.C14H12F2N2O2/c1-9-4-2-3-5-10(9)8-18-15(21)19-13-7-11(16)6-12(17)14(13)20;16-11-8-12(17)14(20)13(9-11)19-15(21)18-7-6-10-4-2-1-3-5-10;15-10-6-11(16)13(19)12(7-10)18-14(20)17-8-9-4-2-1-3-5-9/h2-7,20H,8H2,1H3,(H2,18,19,21);1-5,8-9,20H,6-7H2,(H2,18,19,21);1-7,19H,8H2,(H2,17,18,20). The van der Waals surface area contributed by atoms with Crippen LogP contribution in [0.15, 0.2) is 121 Å². The Balaban J connectivity index is 0.000000205. The molecular formula is C44H40F6N6O6. The molecule has 0 aromatic heterocycles. The van der Waals surface area contributed by atoms with Crippen LogP contribution in [0.5, 0.6) is 17.2 Å². The molecule has 6 aromatic rings. The van der Waals surface area contributed by atoms with Crippen molar-refractivity contribution in [1.29, 1.82) is 0 Å². The van der Waals surface area contributed by atoms with Crippen molar-refractivity contribution in [2.24, 2.45) is 0 Å². The Bertz CT molecular complexity index is 2470. The first-order chi connectivity index (χ1) is 29.6. The highest BCUT2D eigenvalue weighted by atomic mass is 19.2. The van der Waals surface area contributed by atoms with Crippen molar-refractivity contribution in [3.8, 4) is 17.2 Å². The fourth-order valence-corrected chi connectivity index (χ4v) is 5.21. The smallest absolute Gasteiger partial charge is 0.319 e. The van der Waals surface area contributed by atoms with Gasteiger partial charge >= 0.3 is 18.1 Å². The first-order valence-corrected chi connectivity index (χ1v) is 18.4. The maximum absolute atomic E-state index is 13.1. The maximum Gasteiger partial charge on any atom is 0.319 e. The van der Waals surface area contributed by atoms with Gasteiger partial charge in [0.2, 0.25) is 0 Å². The molecule has 0 saturated carbocycles. The van der Waals surface area contributed by atoms with Crippen LogP contribution in [0.2, 0.25) is 0 Å². The summed E-state index contributed by atoms with van der Waals surface area (Å²) in [6, 6.07) is 28.3. The first kappa shape index (κ1) is 46.8. The number of anilines is 3. The number of benzene rings is 6. The van der Waals surface area contributed by atoms with E-state index >= 15 is 0 Å². The SMILES string of the molecule is Cc1ccccc1CNC(=O)Nc1cc(F)cc(F)c1O.O=C(NCCc1ccccc1)Nc1cc(F)cc(F)c1O.O=C(NCc1ccccc1)Nc1cc(F)cc(F)c1O. The van der Waals surface area contributed by atoms with Gasteiger partial charge in [0.15, 0.2) is 34.7 Å². The highest BCUT2D eigenvalue weighted by Crippen LogP contribution is 2.29. The number of amides is 6. The van der Waals surface area contributed by atoms with E-state index in [9.17, 15) is 56.0 Å². The van der Waals surface area contributed by atoms with Crippen molar-refractivity contribution in [3.05, 3.63) is 178 Å². The Morgan fingerprint density at radius 3 is 1.27 bits per heavy atom. The van der Waals surface area contributed by atoms with Gasteiger partial charge in [-0.3, -0.25) is 0 Å². The number of carbonyl (C=O) groups excluding carboxylic acids is 3. The number of phenols is 3. The summed E-state index contributed by atoms with van der Waals surface area (Å²) in [5.41, 5.74) is 2.89. The van der Waals surface area contributed by atoms with Gasteiger partial charge < -0.3 is 47.2 Å². The summed E-state index contributed by atoms with van der Waals surface area (Å²) < 4.78 is 78.3. The van der Waals surface area contributed by atoms with Crippen molar-refractivity contribution < 1.29 is 56.0 Å². The fraction of sp³-hybridized carbons (Fsp3) is 0.114. The number of aryl methyl sites for hydroxylation is 1. The second kappa shape index (κ2) is 23.0. The number of aromatic hydroxyl groups is 3. The minimum atomic E-state index is -1.14. The van der Waals surface area contributed by atoms with E-state index in [1.54, 1.807) is 0 Å². The summed E-state index contributed by atoms with van der Waals surface area (Å²) in [6.07, 6.45) is 0.623. The fourth-order valence-electron chi connectivity index (χ4n) is 5.21. The number of carbonyl (C=O) groups is 3. The van der Waals surface area contributed by atoms with Crippen LogP contribution in [0.4, 0.5) is 57.8 Å². The van der Waals surface area contributed by atoms with Gasteiger partial charge in [-0.1, -0.05) is 84.9 Å². The van der Waals surface area contributed by atoms with Gasteiger partial charge in [0.05, 0.1) is 17.1 Å². The van der Waals surface area contributed by atoms with Crippen LogP contribution in [0.1, 0.15) is 22.3 Å². The number of phenolic OH excluding ortho intramolecular Hbond substituents is 3. The highest BCUT2D eigenvalue weighted by Gasteiger charge is 2.15. The van der Waals surface area contributed by atoms with Gasteiger partial charge in [-0.05, 0) is 35.6 Å². The lowest BCUT2D eigenvalue weighted by Gasteiger charge is -2.11. The molecule has 0 bridgehead atoms. The lowest BCUT2D eigenvalue weighted by Crippen LogP contribution is -2.30. The Labute approximate surface area is 351 Å². The normalized spacial score (nSPS) is 10.2. The molecule has 0 unspecified atom stereocenters. The topological polar surface area (TPSA) is 184 Å². The van der Waals surface area contributed by atoms with E-state index in [1.807, 2.05) is 91.9 Å². The highest BCUT2D eigenvalue weighted by molar-refractivity contribution is 5.92. The van der Waals surface area contributed by atoms with E-state index in [2.05, 4.69) is 31.9 Å². The predicted molar refractivity (Wildman–Crippen MR) is 221 cm³/mol. The van der Waals surface area contributed by atoms with E-state index in [1.165, 1.54) is 0 Å². The Morgan fingerprint density at radius 2 is 0.839 bits per heavy atom. The number of rotatable bonds is 10. The molecule has 324 valence electrons. The molecule has 6 aromatic carbocycles. The molecule has 0 fully saturated rings. The number of hydrogen-bond acceptors (Lipinski definition) is 6. The van der Waals surface area contributed by atoms with Gasteiger partial charge in [0.1, 0.15) is 17.5 Å². The van der Waals surface area contributed by atoms with Crippen LogP contribution in [0.25, 0.3) is 0 Å². The molecule has 12 nitrogen and oxygen atoms in total. The lowest BCUT2D eigenvalue weighted by atomic mass is 10.1. The number of urea groups is 3. The molecule has 0 aliphatic heterocycles. The third kappa shape index (κ3) is 15.0. The molecule has 62 heavy (non-hydrogen) atoms. The van der Waals surface area contributed by atoms with Gasteiger partial charge in [-0.15, -0.1) is 0 Å². The number of hydrogen-bond donors (Lipinski definition) is 9. The monoisotopic (exact) mass is 862 g/mol. The van der Waals surface area contributed by atoms with Crippen LogP contribution in [-0.2, 0) is 19.5 Å². The molecule has 18 heteroatoms. The summed E-state index contributed by atoms with van der Waals surface area (Å²) in [5.74, 6) is -8.47. The zero-order valence-electron chi connectivity index (χ0n) is 32.7. The molecule has 9 N–H and O–H groups in total. The van der Waals surface area contributed by atoms with Crippen LogP contribution >= 0.6 is 0 Å². The maximum atomic E-state index is 13.1. The zero-order valence-corrected chi connectivity index (χ0v) is 32.7. The van der Waals surface area contributed by atoms with Gasteiger partial charge in [0.25, 0.3) is 0 Å². The Kier molecular flexibility index (Phi) is 17.4. The molecule has 0 radical (unpaired) electrons. The molecule has 6 amide bonds. The van der Waals surface area contributed by atoms with E-state index in [0.717, 1.165) is 40.5 Å². The van der Waals surface area contributed by atoms with Crippen LogP contribution < -0.4 is 31.9 Å². The van der Waals surface area contributed by atoms with Crippen molar-refractivity contribution in [1.82, 2.24) is 16.0 Å². The summed E-state index contributed by atoms with van der Waals surface area (Å²) >= 11 is 0. The average molecular weight is 863 g/mol. The van der Waals surface area contributed by atoms with E-state index in [0.29, 0.717) is 31.2 Å². The van der Waals surface area contributed by atoms with Crippen molar-refractivity contribution in [2.75, 3.05) is 22.5 Å². The van der Waals surface area contributed by atoms with Gasteiger partial charge in [-0.2, -0.15) is 0 Å². The summed E-state index contributed by atoms with van der Waals surface area (Å²) in [4.78, 5) is 34.9. The third-order valence-corrected chi connectivity index (χ3v) is 8.37. The number of halogens is 6. The second-order valence-electron chi connectivity index (χ2n) is 13.0. The van der Waals surface area contributed by atoms with Crippen molar-refractivity contribution >= 4 is 35.2 Å². The summed E-state index contributed by atoms with van der Waals surface area (Å²) in [7, 11) is 0. The quantitative estimate of drug-likeness (QED) is 0.0488. The van der Waals surface area contributed by atoms with Crippen molar-refractivity contribution in [2.45, 2.75) is 26.4 Å². The van der Waals surface area contributed by atoms with Crippen LogP contribution in [0, 0.1) is 41.8 Å². The molecule has 0 aliphatic carbocycles. The first-order valence-electron chi connectivity index (χ1n) is 18.4. The minimum absolute atomic E-state index is 0.255. The van der Waals surface area contributed by atoms with Crippen LogP contribution in [-0.4, -0.2) is 40.0 Å². The summed E-state index contributed by atoms with van der Waals surface area (Å²) in [6.45, 7) is 2.78. The van der Waals surface area contributed by atoms with E-state index in [-0.39, 0.29) is 30.2 Å². The third-order valence-electron chi connectivity index (χ3n) is 8.37. The second-order valence-corrected chi connectivity index (χ2v) is 13.0. The molecule has 0 spiro atoms. The predicted octanol–water partition coefficient (Wildman–Crippen LogP) is 9.33. The summed E-state index contributed by atoms with van der Waals surface area (Å²) in [5, 5.41) is 42.4. The van der Waals surface area contributed by atoms with E-state index < -0.39 is 70.2 Å². The van der Waals surface area contributed by atoms with Crippen LogP contribution in [0.3, 0.4) is 0 Å². The largest absolute Gasteiger partial charge is 0.503 e. The number of nitrogens with one attached hydrogen (secondary N) is 6. The van der Waals surface area contributed by atoms with Gasteiger partial charge in [-0.25, -0.2) is 40.7 Å². The molecular weight excluding hydrogens is 823 g/mol. The lowest BCUT2D eigenvalue weighted by molar-refractivity contribution is 0.250. The zero-order chi connectivity index (χ0) is 45.2. The molecule has 0 atom stereocenters. The Hall–Kier alpha value is -7.89.